The van der Waals surface area contributed by atoms with Gasteiger partial charge in [-0.2, -0.15) is 0 Å². The van der Waals surface area contributed by atoms with Gasteiger partial charge in [-0.3, -0.25) is 0 Å². The Labute approximate surface area is 114 Å². The third-order valence-corrected chi connectivity index (χ3v) is 3.13. The van der Waals surface area contributed by atoms with Crippen molar-refractivity contribution in [2.24, 2.45) is 0 Å². The van der Waals surface area contributed by atoms with E-state index in [1.54, 1.807) is 7.11 Å². The van der Waals surface area contributed by atoms with Crippen molar-refractivity contribution in [3.05, 3.63) is 30.0 Å². The minimum Gasteiger partial charge on any atom is -0.383 e. The van der Waals surface area contributed by atoms with E-state index in [2.05, 4.69) is 35.4 Å². The van der Waals surface area contributed by atoms with Gasteiger partial charge >= 0.3 is 0 Å². The Morgan fingerprint density at radius 2 is 2.11 bits per heavy atom. The van der Waals surface area contributed by atoms with Crippen molar-refractivity contribution in [2.75, 3.05) is 44.6 Å². The standard InChI is InChI=1S/C15H21N3O/c1-11-10-17-15(18(2)3)12-6-5-7-13(14(11)12)16-8-9-19-4/h5-7,10,16H,8-9H2,1-4H3. The molecular formula is C15H21N3O. The van der Waals surface area contributed by atoms with E-state index in [1.165, 1.54) is 16.3 Å². The monoisotopic (exact) mass is 259 g/mol. The van der Waals surface area contributed by atoms with Crippen LogP contribution in [0, 0.1) is 6.92 Å². The van der Waals surface area contributed by atoms with Crippen LogP contribution in [0.2, 0.25) is 0 Å². The Balaban J connectivity index is 2.51. The Morgan fingerprint density at radius 1 is 1.32 bits per heavy atom. The third kappa shape index (κ3) is 2.79. The first-order valence-electron chi connectivity index (χ1n) is 6.43. The maximum absolute atomic E-state index is 5.08. The summed E-state index contributed by atoms with van der Waals surface area (Å²) in [4.78, 5) is 6.56. The average Bonchev–Trinajstić information content (AvgIpc) is 2.39. The second-order valence-electron chi connectivity index (χ2n) is 4.81. The van der Waals surface area contributed by atoms with Gasteiger partial charge in [-0.25, -0.2) is 4.98 Å². The zero-order valence-electron chi connectivity index (χ0n) is 12.0. The Hall–Kier alpha value is -1.81. The summed E-state index contributed by atoms with van der Waals surface area (Å²) in [5, 5.41) is 5.83. The smallest absolute Gasteiger partial charge is 0.135 e. The van der Waals surface area contributed by atoms with Crippen molar-refractivity contribution in [1.29, 1.82) is 0 Å². The summed E-state index contributed by atoms with van der Waals surface area (Å²) in [5.41, 5.74) is 2.32. The number of nitrogens with zero attached hydrogens (tertiary/aromatic N) is 2. The molecule has 0 aliphatic rings. The molecule has 102 valence electrons. The van der Waals surface area contributed by atoms with Crippen LogP contribution in [0.25, 0.3) is 10.8 Å². The van der Waals surface area contributed by atoms with Crippen LogP contribution in [0.3, 0.4) is 0 Å². The van der Waals surface area contributed by atoms with Crippen LogP contribution >= 0.6 is 0 Å². The number of aromatic nitrogens is 1. The van der Waals surface area contributed by atoms with Crippen LogP contribution in [0.15, 0.2) is 24.4 Å². The van der Waals surface area contributed by atoms with Gasteiger partial charge in [0.25, 0.3) is 0 Å². The van der Waals surface area contributed by atoms with Crippen LogP contribution in [-0.2, 0) is 4.74 Å². The number of ether oxygens (including phenoxy) is 1. The zero-order chi connectivity index (χ0) is 13.8. The predicted octanol–water partition coefficient (Wildman–Crippen LogP) is 2.67. The molecule has 0 unspecified atom stereocenters. The van der Waals surface area contributed by atoms with E-state index in [0.717, 1.165) is 18.1 Å². The summed E-state index contributed by atoms with van der Waals surface area (Å²) < 4.78 is 5.08. The van der Waals surface area contributed by atoms with Crippen molar-refractivity contribution in [3.63, 3.8) is 0 Å². The lowest BCUT2D eigenvalue weighted by Crippen LogP contribution is -2.12. The van der Waals surface area contributed by atoms with Crippen molar-refractivity contribution in [2.45, 2.75) is 6.92 Å². The molecule has 0 fully saturated rings. The molecule has 0 amide bonds. The highest BCUT2D eigenvalue weighted by molar-refractivity contribution is 6.02. The average molecular weight is 259 g/mol. The molecule has 1 aromatic carbocycles. The lowest BCUT2D eigenvalue weighted by molar-refractivity contribution is 0.211. The molecule has 0 bridgehead atoms. The highest BCUT2D eigenvalue weighted by Crippen LogP contribution is 2.31. The van der Waals surface area contributed by atoms with Gasteiger partial charge in [0.1, 0.15) is 5.82 Å². The van der Waals surface area contributed by atoms with E-state index in [1.807, 2.05) is 25.2 Å². The van der Waals surface area contributed by atoms with Gasteiger partial charge in [0.05, 0.1) is 6.61 Å². The number of rotatable bonds is 5. The van der Waals surface area contributed by atoms with Crippen LogP contribution in [0.1, 0.15) is 5.56 Å². The van der Waals surface area contributed by atoms with Crippen LogP contribution in [-0.4, -0.2) is 39.3 Å². The summed E-state index contributed by atoms with van der Waals surface area (Å²) in [6.45, 7) is 3.59. The fraction of sp³-hybridized carbons (Fsp3) is 0.400. The largest absolute Gasteiger partial charge is 0.383 e. The van der Waals surface area contributed by atoms with E-state index in [4.69, 9.17) is 4.74 Å². The molecule has 2 aromatic rings. The molecule has 0 radical (unpaired) electrons. The molecule has 0 saturated carbocycles. The molecule has 2 rings (SSSR count). The highest BCUT2D eigenvalue weighted by atomic mass is 16.5. The number of anilines is 2. The third-order valence-electron chi connectivity index (χ3n) is 3.13. The number of hydrogen-bond donors (Lipinski definition) is 1. The summed E-state index contributed by atoms with van der Waals surface area (Å²) >= 11 is 0. The number of hydrogen-bond acceptors (Lipinski definition) is 4. The van der Waals surface area contributed by atoms with Gasteiger partial charge in [-0.15, -0.1) is 0 Å². The maximum Gasteiger partial charge on any atom is 0.135 e. The predicted molar refractivity (Wildman–Crippen MR) is 81.2 cm³/mol. The molecule has 1 heterocycles. The Morgan fingerprint density at radius 3 is 2.79 bits per heavy atom. The number of aryl methyl sites for hydroxylation is 1. The minimum absolute atomic E-state index is 0.695. The molecule has 0 spiro atoms. The van der Waals surface area contributed by atoms with E-state index < -0.39 is 0 Å². The number of fused-ring (bicyclic) bond motifs is 1. The second kappa shape index (κ2) is 5.89. The molecule has 4 heteroatoms. The van der Waals surface area contributed by atoms with Crippen molar-refractivity contribution in [1.82, 2.24) is 4.98 Å². The van der Waals surface area contributed by atoms with Gasteiger partial charge in [0, 0.05) is 50.4 Å². The van der Waals surface area contributed by atoms with Crippen molar-refractivity contribution >= 4 is 22.3 Å². The summed E-state index contributed by atoms with van der Waals surface area (Å²) in [6, 6.07) is 6.28. The fourth-order valence-electron chi connectivity index (χ4n) is 2.25. The van der Waals surface area contributed by atoms with E-state index in [9.17, 15) is 0 Å². The highest BCUT2D eigenvalue weighted by Gasteiger charge is 2.10. The molecule has 4 nitrogen and oxygen atoms in total. The minimum atomic E-state index is 0.695. The lowest BCUT2D eigenvalue weighted by Gasteiger charge is -2.17. The first-order valence-corrected chi connectivity index (χ1v) is 6.43. The second-order valence-corrected chi connectivity index (χ2v) is 4.81. The fourth-order valence-corrected chi connectivity index (χ4v) is 2.25. The van der Waals surface area contributed by atoms with Crippen molar-refractivity contribution in [3.8, 4) is 0 Å². The first kappa shape index (κ1) is 13.6. The van der Waals surface area contributed by atoms with Crippen LogP contribution < -0.4 is 10.2 Å². The maximum atomic E-state index is 5.08. The molecular weight excluding hydrogens is 238 g/mol. The molecule has 0 aliphatic heterocycles. The first-order chi connectivity index (χ1) is 9.15. The number of pyridine rings is 1. The number of nitrogens with one attached hydrogen (secondary N) is 1. The number of benzene rings is 1. The molecule has 1 aromatic heterocycles. The van der Waals surface area contributed by atoms with Gasteiger partial charge in [0.15, 0.2) is 0 Å². The lowest BCUT2D eigenvalue weighted by atomic mass is 10.1. The number of methoxy groups -OCH3 is 1. The SMILES string of the molecule is COCCNc1cccc2c(N(C)C)ncc(C)c12. The molecule has 0 atom stereocenters. The summed E-state index contributed by atoms with van der Waals surface area (Å²) in [7, 11) is 5.74. The van der Waals surface area contributed by atoms with Crippen LogP contribution in [0.4, 0.5) is 11.5 Å². The summed E-state index contributed by atoms with van der Waals surface area (Å²) in [6.07, 6.45) is 1.93. The van der Waals surface area contributed by atoms with Gasteiger partial charge < -0.3 is 15.0 Å². The normalized spacial score (nSPS) is 10.7. The topological polar surface area (TPSA) is 37.4 Å². The van der Waals surface area contributed by atoms with Gasteiger partial charge in [-0.05, 0) is 18.6 Å². The van der Waals surface area contributed by atoms with Gasteiger partial charge in [-0.1, -0.05) is 12.1 Å². The zero-order valence-corrected chi connectivity index (χ0v) is 12.0. The van der Waals surface area contributed by atoms with E-state index in [0.29, 0.717) is 6.61 Å². The molecule has 19 heavy (non-hydrogen) atoms. The molecule has 0 saturated heterocycles. The van der Waals surface area contributed by atoms with E-state index >= 15 is 0 Å². The molecule has 1 N–H and O–H groups in total. The molecule has 0 aliphatic carbocycles. The van der Waals surface area contributed by atoms with Crippen molar-refractivity contribution < 1.29 is 4.74 Å². The quantitative estimate of drug-likeness (QED) is 0.838. The summed E-state index contributed by atoms with van der Waals surface area (Å²) in [5.74, 6) is 0.996. The Kier molecular flexibility index (Phi) is 4.22. The van der Waals surface area contributed by atoms with E-state index in [-0.39, 0.29) is 0 Å². The van der Waals surface area contributed by atoms with Gasteiger partial charge in [0.2, 0.25) is 0 Å². The Bertz CT molecular complexity index is 567. The van der Waals surface area contributed by atoms with Crippen LogP contribution in [0.5, 0.6) is 0 Å².